The molecule has 0 aliphatic carbocycles. The van der Waals surface area contributed by atoms with Crippen LogP contribution in [0.15, 0.2) is 17.1 Å². The molecule has 0 unspecified atom stereocenters. The zero-order valence-electron chi connectivity index (χ0n) is 5.16. The monoisotopic (exact) mass is 123 g/mol. The van der Waals surface area contributed by atoms with Gasteiger partial charge in [-0.15, -0.1) is 0 Å². The SMILES string of the molecule is CCn1cc[c]nc1=O. The number of nitrogens with zero attached hydrogens (tertiary/aromatic N) is 2. The minimum absolute atomic E-state index is 0.236. The third-order valence-corrected chi connectivity index (χ3v) is 1.08. The van der Waals surface area contributed by atoms with Gasteiger partial charge in [-0.2, -0.15) is 4.98 Å². The van der Waals surface area contributed by atoms with Crippen LogP contribution in [-0.2, 0) is 6.54 Å². The van der Waals surface area contributed by atoms with Crippen LogP contribution in [0.1, 0.15) is 6.92 Å². The first-order valence-electron chi connectivity index (χ1n) is 2.78. The largest absolute Gasteiger partial charge is 0.348 e. The van der Waals surface area contributed by atoms with Crippen LogP contribution >= 0.6 is 0 Å². The van der Waals surface area contributed by atoms with Gasteiger partial charge >= 0.3 is 5.69 Å². The molecule has 0 aliphatic rings. The van der Waals surface area contributed by atoms with Crippen molar-refractivity contribution in [3.05, 3.63) is 28.9 Å². The van der Waals surface area contributed by atoms with Crippen LogP contribution < -0.4 is 5.69 Å². The molecule has 3 nitrogen and oxygen atoms in total. The van der Waals surface area contributed by atoms with E-state index in [1.165, 1.54) is 4.57 Å². The van der Waals surface area contributed by atoms with E-state index in [1.54, 1.807) is 12.3 Å². The predicted octanol–water partition coefficient (Wildman–Crippen LogP) is 0.0634. The Morgan fingerprint density at radius 3 is 3.11 bits per heavy atom. The van der Waals surface area contributed by atoms with Crippen LogP contribution in [0, 0.1) is 6.20 Å². The number of rotatable bonds is 1. The van der Waals surface area contributed by atoms with E-state index in [1.807, 2.05) is 6.92 Å². The minimum atomic E-state index is -0.236. The summed E-state index contributed by atoms with van der Waals surface area (Å²) < 4.78 is 1.51. The zero-order chi connectivity index (χ0) is 6.69. The Bertz CT molecular complexity index is 241. The van der Waals surface area contributed by atoms with Gasteiger partial charge in [-0.1, -0.05) is 0 Å². The first kappa shape index (κ1) is 6.01. The third kappa shape index (κ3) is 1.16. The highest BCUT2D eigenvalue weighted by Gasteiger charge is 1.87. The molecule has 0 N–H and O–H groups in total. The van der Waals surface area contributed by atoms with Crippen LogP contribution in [0.5, 0.6) is 0 Å². The summed E-state index contributed by atoms with van der Waals surface area (Å²) in [6.07, 6.45) is 4.11. The van der Waals surface area contributed by atoms with E-state index in [0.717, 1.165) is 0 Å². The Labute approximate surface area is 53.0 Å². The lowest BCUT2D eigenvalue weighted by molar-refractivity contribution is 0.697. The molecular formula is C6H7N2O. The molecule has 0 spiro atoms. The van der Waals surface area contributed by atoms with Crippen LogP contribution in [0.2, 0.25) is 0 Å². The van der Waals surface area contributed by atoms with E-state index in [-0.39, 0.29) is 5.69 Å². The second kappa shape index (κ2) is 2.44. The quantitative estimate of drug-likeness (QED) is 0.529. The molecule has 1 rings (SSSR count). The van der Waals surface area contributed by atoms with Crippen LogP contribution in [-0.4, -0.2) is 9.55 Å². The molecule has 3 heteroatoms. The lowest BCUT2D eigenvalue weighted by atomic mass is 10.6. The van der Waals surface area contributed by atoms with Crippen molar-refractivity contribution in [2.24, 2.45) is 0 Å². The second-order valence-corrected chi connectivity index (χ2v) is 1.63. The van der Waals surface area contributed by atoms with Crippen molar-refractivity contribution in [3.63, 3.8) is 0 Å². The highest BCUT2D eigenvalue weighted by Crippen LogP contribution is 1.74. The van der Waals surface area contributed by atoms with E-state index in [0.29, 0.717) is 6.54 Å². The Hall–Kier alpha value is -1.12. The summed E-state index contributed by atoms with van der Waals surface area (Å²) in [5, 5.41) is 0. The second-order valence-electron chi connectivity index (χ2n) is 1.63. The van der Waals surface area contributed by atoms with Crippen molar-refractivity contribution in [1.82, 2.24) is 9.55 Å². The normalized spacial score (nSPS) is 9.44. The summed E-state index contributed by atoms with van der Waals surface area (Å²) in [7, 11) is 0. The fourth-order valence-corrected chi connectivity index (χ4v) is 0.584. The van der Waals surface area contributed by atoms with E-state index >= 15 is 0 Å². The summed E-state index contributed by atoms with van der Waals surface area (Å²) in [4.78, 5) is 14.1. The molecule has 0 saturated heterocycles. The van der Waals surface area contributed by atoms with Crippen molar-refractivity contribution in [3.8, 4) is 0 Å². The molecular weight excluding hydrogens is 116 g/mol. The maximum absolute atomic E-state index is 10.7. The number of hydrogen-bond acceptors (Lipinski definition) is 2. The molecule has 0 atom stereocenters. The summed E-state index contributed by atoms with van der Waals surface area (Å²) in [5.41, 5.74) is -0.236. The molecule has 1 heterocycles. The van der Waals surface area contributed by atoms with E-state index in [4.69, 9.17) is 0 Å². The number of hydrogen-bond donors (Lipinski definition) is 0. The fourth-order valence-electron chi connectivity index (χ4n) is 0.584. The van der Waals surface area contributed by atoms with E-state index in [9.17, 15) is 4.79 Å². The van der Waals surface area contributed by atoms with Crippen molar-refractivity contribution in [2.75, 3.05) is 0 Å². The Balaban J connectivity index is 3.16. The summed E-state index contributed by atoms with van der Waals surface area (Å²) in [6, 6.07) is 1.62. The molecule has 0 aliphatic heterocycles. The highest BCUT2D eigenvalue weighted by molar-refractivity contribution is 4.78. The molecule has 0 amide bonds. The molecule has 47 valence electrons. The first-order valence-corrected chi connectivity index (χ1v) is 2.78. The van der Waals surface area contributed by atoms with Gasteiger partial charge in [-0.3, -0.25) is 4.57 Å². The summed E-state index contributed by atoms with van der Waals surface area (Å²) in [5.74, 6) is 0. The van der Waals surface area contributed by atoms with E-state index < -0.39 is 0 Å². The van der Waals surface area contributed by atoms with Gasteiger partial charge in [0.1, 0.15) is 0 Å². The molecule has 0 aromatic carbocycles. The standard InChI is InChI=1S/C6H7N2O/c1-2-8-5-3-4-7-6(8)9/h3,5H,2H2,1H3. The Morgan fingerprint density at radius 2 is 2.67 bits per heavy atom. The fraction of sp³-hybridized carbons (Fsp3) is 0.333. The van der Waals surface area contributed by atoms with Crippen molar-refractivity contribution in [2.45, 2.75) is 13.5 Å². The van der Waals surface area contributed by atoms with Crippen LogP contribution in [0.25, 0.3) is 0 Å². The van der Waals surface area contributed by atoms with Gasteiger partial charge in [0, 0.05) is 12.7 Å². The van der Waals surface area contributed by atoms with Crippen molar-refractivity contribution in [1.29, 1.82) is 0 Å². The Morgan fingerprint density at radius 1 is 1.89 bits per heavy atom. The maximum Gasteiger partial charge on any atom is 0.348 e. The molecule has 1 aromatic heterocycles. The average Bonchev–Trinajstić information content (AvgIpc) is 1.89. The molecule has 0 saturated carbocycles. The average molecular weight is 123 g/mol. The van der Waals surface area contributed by atoms with Crippen molar-refractivity contribution >= 4 is 0 Å². The maximum atomic E-state index is 10.7. The molecule has 9 heavy (non-hydrogen) atoms. The molecule has 1 radical (unpaired) electrons. The predicted molar refractivity (Wildman–Crippen MR) is 33.0 cm³/mol. The van der Waals surface area contributed by atoms with Crippen LogP contribution in [0.4, 0.5) is 0 Å². The first-order chi connectivity index (χ1) is 4.34. The topological polar surface area (TPSA) is 34.9 Å². The smallest absolute Gasteiger partial charge is 0.299 e. The van der Waals surface area contributed by atoms with Crippen LogP contribution in [0.3, 0.4) is 0 Å². The minimum Gasteiger partial charge on any atom is -0.299 e. The lowest BCUT2D eigenvalue weighted by Crippen LogP contribution is -2.20. The van der Waals surface area contributed by atoms with Gasteiger partial charge in [0.25, 0.3) is 0 Å². The molecule has 1 aromatic rings. The van der Waals surface area contributed by atoms with E-state index in [2.05, 4.69) is 11.2 Å². The van der Waals surface area contributed by atoms with Crippen molar-refractivity contribution < 1.29 is 0 Å². The van der Waals surface area contributed by atoms with Gasteiger partial charge in [-0.25, -0.2) is 4.79 Å². The van der Waals surface area contributed by atoms with Gasteiger partial charge in [0.2, 0.25) is 0 Å². The zero-order valence-corrected chi connectivity index (χ0v) is 5.16. The highest BCUT2D eigenvalue weighted by atomic mass is 16.1. The number of aryl methyl sites for hydroxylation is 1. The lowest BCUT2D eigenvalue weighted by Gasteiger charge is -1.94. The van der Waals surface area contributed by atoms with Gasteiger partial charge < -0.3 is 0 Å². The van der Waals surface area contributed by atoms with Gasteiger partial charge in [-0.05, 0) is 13.0 Å². The Kier molecular flexibility index (Phi) is 1.63. The molecule has 0 bridgehead atoms. The number of aromatic nitrogens is 2. The third-order valence-electron chi connectivity index (χ3n) is 1.08. The summed E-state index contributed by atoms with van der Waals surface area (Å²) >= 11 is 0. The molecule has 0 fully saturated rings. The van der Waals surface area contributed by atoms with Gasteiger partial charge in [0.05, 0.1) is 6.20 Å². The van der Waals surface area contributed by atoms with Gasteiger partial charge in [0.15, 0.2) is 0 Å². The summed E-state index contributed by atoms with van der Waals surface area (Å²) in [6.45, 7) is 2.56.